The third kappa shape index (κ3) is 10.2. The highest BCUT2D eigenvalue weighted by Gasteiger charge is 2.27. The first-order chi connectivity index (χ1) is 12.8. The number of rotatable bonds is 10. The molecule has 0 aromatic carbocycles. The second kappa shape index (κ2) is 14.3. The maximum Gasteiger partial charge on any atom is 0.221 e. The van der Waals surface area contributed by atoms with E-state index in [1.807, 2.05) is 25.7 Å². The Morgan fingerprint density at radius 2 is 1.79 bits per heavy atom. The summed E-state index contributed by atoms with van der Waals surface area (Å²) in [5, 5.41) is 6.01. The molecule has 0 aliphatic carbocycles. The Morgan fingerprint density at radius 3 is 2.32 bits per heavy atom. The third-order valence-corrected chi connectivity index (χ3v) is 5.98. The highest BCUT2D eigenvalue weighted by atomic mass is 127. The number of piperazine rings is 1. The highest BCUT2D eigenvalue weighted by Crippen LogP contribution is 2.09. The molecule has 1 aliphatic heterocycles. The first kappa shape index (κ1) is 27.3. The lowest BCUT2D eigenvalue weighted by atomic mass is 10.3. The normalized spacial score (nSPS) is 16.0. The zero-order valence-electron chi connectivity index (χ0n) is 17.4. The number of carbonyl (C=O) groups is 1. The van der Waals surface area contributed by atoms with E-state index in [2.05, 4.69) is 15.6 Å². The van der Waals surface area contributed by atoms with Gasteiger partial charge in [-0.15, -0.1) is 24.0 Å². The van der Waals surface area contributed by atoms with Gasteiger partial charge in [-0.3, -0.25) is 9.79 Å². The summed E-state index contributed by atoms with van der Waals surface area (Å²) in [4.78, 5) is 17.9. The van der Waals surface area contributed by atoms with Crippen LogP contribution in [0.2, 0.25) is 0 Å². The summed E-state index contributed by atoms with van der Waals surface area (Å²) in [7, 11) is -1.62. The van der Waals surface area contributed by atoms with Crippen LogP contribution in [0.25, 0.3) is 0 Å². The fraction of sp³-hybridized carbons (Fsp3) is 0.882. The van der Waals surface area contributed by atoms with Gasteiger partial charge in [-0.25, -0.2) is 8.42 Å². The molecule has 1 heterocycles. The van der Waals surface area contributed by atoms with Gasteiger partial charge in [0.1, 0.15) is 0 Å². The van der Waals surface area contributed by atoms with Crippen molar-refractivity contribution < 1.29 is 17.9 Å². The maximum absolute atomic E-state index is 12.4. The Morgan fingerprint density at radius 1 is 1.14 bits per heavy atom. The first-order valence-corrected chi connectivity index (χ1v) is 11.2. The number of ether oxygens (including phenoxy) is 1. The number of sulfonamides is 1. The minimum atomic E-state index is -3.30. The van der Waals surface area contributed by atoms with E-state index in [4.69, 9.17) is 4.74 Å². The maximum atomic E-state index is 12.4. The highest BCUT2D eigenvalue weighted by molar-refractivity contribution is 14.0. The van der Waals surface area contributed by atoms with Crippen LogP contribution in [0, 0.1) is 0 Å². The Hall–Kier alpha value is -0.660. The molecule has 1 amide bonds. The Kier molecular flexibility index (Phi) is 14.0. The standard InChI is InChI=1S/C17H35N5O4S.HI/c1-5-7-19-16(23)6-8-20-17(18-4)21-9-11-22(12-10-21)27(24,25)14-13-26-15(2)3;/h15H,5-14H2,1-4H3,(H,18,20)(H,19,23);1H. The quantitative estimate of drug-likeness (QED) is 0.241. The van der Waals surface area contributed by atoms with Gasteiger partial charge in [0.15, 0.2) is 5.96 Å². The van der Waals surface area contributed by atoms with Crippen LogP contribution in [0.3, 0.4) is 0 Å². The average molecular weight is 533 g/mol. The zero-order chi connectivity index (χ0) is 20.3. The molecule has 1 aliphatic rings. The van der Waals surface area contributed by atoms with Crippen LogP contribution < -0.4 is 10.6 Å². The fourth-order valence-electron chi connectivity index (χ4n) is 2.67. The van der Waals surface area contributed by atoms with Crippen LogP contribution in [0.1, 0.15) is 33.6 Å². The van der Waals surface area contributed by atoms with Crippen LogP contribution in [0.15, 0.2) is 4.99 Å². The molecule has 11 heteroatoms. The SMILES string of the molecule is CCCNC(=O)CCNC(=NC)N1CCN(S(=O)(=O)CCOC(C)C)CC1.I. The summed E-state index contributed by atoms with van der Waals surface area (Å²) in [5.41, 5.74) is 0. The zero-order valence-corrected chi connectivity index (χ0v) is 20.6. The summed E-state index contributed by atoms with van der Waals surface area (Å²) in [6.45, 7) is 9.14. The fourth-order valence-corrected chi connectivity index (χ4v) is 3.95. The number of amides is 1. The molecule has 9 nitrogen and oxygen atoms in total. The number of hydrogen-bond acceptors (Lipinski definition) is 5. The monoisotopic (exact) mass is 533 g/mol. The molecule has 1 rings (SSSR count). The molecule has 0 saturated carbocycles. The van der Waals surface area contributed by atoms with Crippen molar-refractivity contribution >= 4 is 45.9 Å². The van der Waals surface area contributed by atoms with E-state index in [1.165, 1.54) is 4.31 Å². The molecular weight excluding hydrogens is 497 g/mol. The van der Waals surface area contributed by atoms with Gasteiger partial charge in [-0.1, -0.05) is 6.92 Å². The van der Waals surface area contributed by atoms with E-state index in [9.17, 15) is 13.2 Å². The van der Waals surface area contributed by atoms with Crippen molar-refractivity contribution in [1.29, 1.82) is 0 Å². The van der Waals surface area contributed by atoms with Crippen molar-refractivity contribution in [1.82, 2.24) is 19.8 Å². The lowest BCUT2D eigenvalue weighted by molar-refractivity contribution is -0.120. The van der Waals surface area contributed by atoms with Crippen LogP contribution in [0.4, 0.5) is 0 Å². The second-order valence-corrected chi connectivity index (χ2v) is 8.78. The van der Waals surface area contributed by atoms with Crippen molar-refractivity contribution in [3.05, 3.63) is 0 Å². The molecule has 0 aromatic rings. The molecule has 0 atom stereocenters. The van der Waals surface area contributed by atoms with Crippen molar-refractivity contribution in [3.8, 4) is 0 Å². The number of hydrogen-bond donors (Lipinski definition) is 2. The average Bonchev–Trinajstić information content (AvgIpc) is 2.63. The van der Waals surface area contributed by atoms with Gasteiger partial charge in [0.25, 0.3) is 0 Å². The Balaban J connectivity index is 0.00000729. The van der Waals surface area contributed by atoms with Crippen LogP contribution >= 0.6 is 24.0 Å². The number of guanidine groups is 1. The van der Waals surface area contributed by atoms with E-state index in [0.29, 0.717) is 51.6 Å². The summed E-state index contributed by atoms with van der Waals surface area (Å²) in [5.74, 6) is 0.711. The molecule has 1 fully saturated rings. The topological polar surface area (TPSA) is 103 Å². The van der Waals surface area contributed by atoms with E-state index < -0.39 is 10.0 Å². The van der Waals surface area contributed by atoms with Crippen LogP contribution in [-0.4, -0.2) is 94.3 Å². The molecule has 0 radical (unpaired) electrons. The summed E-state index contributed by atoms with van der Waals surface area (Å²) in [6, 6.07) is 0. The van der Waals surface area contributed by atoms with Crippen LogP contribution in [-0.2, 0) is 19.6 Å². The Labute approximate surface area is 186 Å². The number of nitrogens with zero attached hydrogens (tertiary/aromatic N) is 3. The van der Waals surface area contributed by atoms with Gasteiger partial charge in [0, 0.05) is 52.7 Å². The van der Waals surface area contributed by atoms with Crippen molar-refractivity contribution in [2.75, 3.05) is 58.7 Å². The van der Waals surface area contributed by atoms with E-state index in [0.717, 1.165) is 6.42 Å². The molecule has 28 heavy (non-hydrogen) atoms. The van der Waals surface area contributed by atoms with Gasteiger partial charge in [0.2, 0.25) is 15.9 Å². The van der Waals surface area contributed by atoms with Gasteiger partial charge < -0.3 is 20.3 Å². The largest absolute Gasteiger partial charge is 0.378 e. The molecule has 2 N–H and O–H groups in total. The molecule has 0 aromatic heterocycles. The number of halogens is 1. The molecule has 1 saturated heterocycles. The smallest absolute Gasteiger partial charge is 0.221 e. The van der Waals surface area contributed by atoms with Gasteiger partial charge in [-0.2, -0.15) is 4.31 Å². The number of nitrogens with one attached hydrogen (secondary N) is 2. The minimum Gasteiger partial charge on any atom is -0.378 e. The molecular formula is C17H36IN5O4S. The lowest BCUT2D eigenvalue weighted by Gasteiger charge is -2.35. The van der Waals surface area contributed by atoms with Gasteiger partial charge in [-0.05, 0) is 20.3 Å². The third-order valence-electron chi connectivity index (χ3n) is 4.14. The minimum absolute atomic E-state index is 0. The first-order valence-electron chi connectivity index (χ1n) is 9.61. The van der Waals surface area contributed by atoms with Crippen LogP contribution in [0.5, 0.6) is 0 Å². The van der Waals surface area contributed by atoms with Gasteiger partial charge in [0.05, 0.1) is 18.5 Å². The second-order valence-electron chi connectivity index (χ2n) is 6.70. The lowest BCUT2D eigenvalue weighted by Crippen LogP contribution is -2.54. The van der Waals surface area contributed by atoms with Crippen molar-refractivity contribution in [2.45, 2.75) is 39.7 Å². The van der Waals surface area contributed by atoms with E-state index in [1.54, 1.807) is 7.05 Å². The van der Waals surface area contributed by atoms with E-state index >= 15 is 0 Å². The Bertz CT molecular complexity index is 578. The molecule has 166 valence electrons. The number of aliphatic imine (C=N–C) groups is 1. The summed E-state index contributed by atoms with van der Waals surface area (Å²) in [6.07, 6.45) is 1.32. The van der Waals surface area contributed by atoms with Crippen molar-refractivity contribution in [3.63, 3.8) is 0 Å². The van der Waals surface area contributed by atoms with Crippen molar-refractivity contribution in [2.24, 2.45) is 4.99 Å². The predicted molar refractivity (Wildman–Crippen MR) is 123 cm³/mol. The number of carbonyl (C=O) groups excluding carboxylic acids is 1. The summed E-state index contributed by atoms with van der Waals surface area (Å²) >= 11 is 0. The van der Waals surface area contributed by atoms with E-state index in [-0.39, 0.29) is 48.3 Å². The molecule has 0 bridgehead atoms. The molecule has 0 spiro atoms. The molecule has 0 unspecified atom stereocenters. The predicted octanol–water partition coefficient (Wildman–Crippen LogP) is 0.469. The summed E-state index contributed by atoms with van der Waals surface area (Å²) < 4.78 is 31.6. The van der Waals surface area contributed by atoms with Gasteiger partial charge >= 0.3 is 0 Å².